The average molecular weight is 292 g/mol. The molecule has 6 nitrogen and oxygen atoms in total. The molecular formula is C16H12N4O2. The number of hydrogen-bond acceptors (Lipinski definition) is 5. The predicted octanol–water partition coefficient (Wildman–Crippen LogP) is 1.94. The van der Waals surface area contributed by atoms with Crippen molar-refractivity contribution < 1.29 is 4.79 Å². The number of aromatic amines is 1. The fourth-order valence-corrected chi connectivity index (χ4v) is 1.98. The van der Waals surface area contributed by atoms with Gasteiger partial charge in [-0.25, -0.2) is 4.98 Å². The SMILES string of the molecule is O=CC(=NNc1ccccc1)c1nc2ccccc2[nH]c1=O. The molecule has 0 bridgehead atoms. The topological polar surface area (TPSA) is 87.2 Å². The number of aromatic nitrogens is 2. The Morgan fingerprint density at radius 1 is 1.09 bits per heavy atom. The number of aldehydes is 1. The van der Waals surface area contributed by atoms with Gasteiger partial charge < -0.3 is 4.98 Å². The number of nitrogens with one attached hydrogen (secondary N) is 2. The second-order valence-electron chi connectivity index (χ2n) is 4.52. The van der Waals surface area contributed by atoms with Gasteiger partial charge >= 0.3 is 0 Å². The third-order valence-corrected chi connectivity index (χ3v) is 3.03. The number of anilines is 1. The number of benzene rings is 2. The summed E-state index contributed by atoms with van der Waals surface area (Å²) >= 11 is 0. The van der Waals surface area contributed by atoms with Gasteiger partial charge in [0, 0.05) is 0 Å². The van der Waals surface area contributed by atoms with Crippen molar-refractivity contribution in [1.82, 2.24) is 9.97 Å². The van der Waals surface area contributed by atoms with Crippen LogP contribution < -0.4 is 11.0 Å². The molecule has 0 unspecified atom stereocenters. The second kappa shape index (κ2) is 6.01. The zero-order valence-corrected chi connectivity index (χ0v) is 11.5. The first-order valence-electron chi connectivity index (χ1n) is 6.61. The van der Waals surface area contributed by atoms with Gasteiger partial charge in [-0.05, 0) is 24.3 Å². The molecule has 1 heterocycles. The fourth-order valence-electron chi connectivity index (χ4n) is 1.98. The summed E-state index contributed by atoms with van der Waals surface area (Å²) < 4.78 is 0. The number of H-pyrrole nitrogens is 1. The van der Waals surface area contributed by atoms with Crippen LogP contribution >= 0.6 is 0 Å². The highest BCUT2D eigenvalue weighted by Crippen LogP contribution is 2.07. The van der Waals surface area contributed by atoms with Gasteiger partial charge in [-0.1, -0.05) is 30.3 Å². The molecule has 6 heteroatoms. The summed E-state index contributed by atoms with van der Waals surface area (Å²) in [7, 11) is 0. The lowest BCUT2D eigenvalue weighted by molar-refractivity contribution is -0.102. The number of hydrazone groups is 1. The highest BCUT2D eigenvalue weighted by molar-refractivity contribution is 6.35. The summed E-state index contributed by atoms with van der Waals surface area (Å²) in [6, 6.07) is 16.2. The lowest BCUT2D eigenvalue weighted by Gasteiger charge is -2.03. The highest BCUT2D eigenvalue weighted by atomic mass is 16.1. The van der Waals surface area contributed by atoms with Crippen LogP contribution in [0.3, 0.4) is 0 Å². The first-order chi connectivity index (χ1) is 10.8. The highest BCUT2D eigenvalue weighted by Gasteiger charge is 2.11. The van der Waals surface area contributed by atoms with Crippen LogP contribution in [0.15, 0.2) is 64.5 Å². The van der Waals surface area contributed by atoms with Gasteiger partial charge in [0.25, 0.3) is 5.56 Å². The minimum Gasteiger partial charge on any atom is -0.319 e. The van der Waals surface area contributed by atoms with Crippen molar-refractivity contribution in [2.24, 2.45) is 5.10 Å². The summed E-state index contributed by atoms with van der Waals surface area (Å²) in [6.07, 6.45) is 0.502. The molecule has 0 atom stereocenters. The van der Waals surface area contributed by atoms with E-state index in [1.54, 1.807) is 36.4 Å². The molecule has 0 saturated heterocycles. The fraction of sp³-hybridized carbons (Fsp3) is 0. The largest absolute Gasteiger partial charge is 0.319 e. The zero-order valence-electron chi connectivity index (χ0n) is 11.5. The summed E-state index contributed by atoms with van der Waals surface area (Å²) in [6.45, 7) is 0. The quantitative estimate of drug-likeness (QED) is 0.437. The number of fused-ring (bicyclic) bond motifs is 1. The van der Waals surface area contributed by atoms with Gasteiger partial charge in [0.15, 0.2) is 17.7 Å². The number of carbonyl (C=O) groups excluding carboxylic acids is 1. The van der Waals surface area contributed by atoms with Crippen molar-refractivity contribution in [2.45, 2.75) is 0 Å². The van der Waals surface area contributed by atoms with Gasteiger partial charge in [-0.15, -0.1) is 0 Å². The molecule has 3 aromatic rings. The number of carbonyl (C=O) groups is 1. The van der Waals surface area contributed by atoms with Gasteiger partial charge in [0.05, 0.1) is 16.7 Å². The van der Waals surface area contributed by atoms with E-state index < -0.39 is 5.56 Å². The molecule has 0 aliphatic heterocycles. The number of nitrogens with zero attached hydrogens (tertiary/aromatic N) is 2. The molecule has 0 fully saturated rings. The van der Waals surface area contributed by atoms with E-state index in [1.807, 2.05) is 18.2 Å². The average Bonchev–Trinajstić information content (AvgIpc) is 2.56. The third-order valence-electron chi connectivity index (χ3n) is 3.03. The molecule has 22 heavy (non-hydrogen) atoms. The molecule has 0 spiro atoms. The predicted molar refractivity (Wildman–Crippen MR) is 85.0 cm³/mol. The van der Waals surface area contributed by atoms with Crippen LogP contribution in [0.2, 0.25) is 0 Å². The van der Waals surface area contributed by atoms with E-state index in [4.69, 9.17) is 0 Å². The molecular weight excluding hydrogens is 280 g/mol. The van der Waals surface area contributed by atoms with Gasteiger partial charge in [0.1, 0.15) is 0 Å². The van der Waals surface area contributed by atoms with Gasteiger partial charge in [0.2, 0.25) is 0 Å². The standard InChI is InChI=1S/C16H12N4O2/c21-10-14(20-19-11-6-2-1-3-7-11)15-16(22)18-13-9-5-4-8-12(13)17-15/h1-10,19H,(H,18,22). The van der Waals surface area contributed by atoms with Crippen molar-refractivity contribution in [3.8, 4) is 0 Å². The van der Waals surface area contributed by atoms with E-state index in [0.717, 1.165) is 0 Å². The minimum absolute atomic E-state index is 0.0165. The Labute approximate surface area is 125 Å². The van der Waals surface area contributed by atoms with Crippen LogP contribution in [0.5, 0.6) is 0 Å². The first-order valence-corrected chi connectivity index (χ1v) is 6.61. The maximum Gasteiger partial charge on any atom is 0.276 e. The molecule has 0 saturated carbocycles. The Bertz CT molecular complexity index is 901. The van der Waals surface area contributed by atoms with E-state index in [1.165, 1.54) is 0 Å². The monoisotopic (exact) mass is 292 g/mol. The maximum absolute atomic E-state index is 12.1. The molecule has 0 aliphatic carbocycles. The minimum atomic E-state index is -0.459. The van der Waals surface area contributed by atoms with Gasteiger partial charge in [-0.2, -0.15) is 5.10 Å². The zero-order chi connectivity index (χ0) is 15.4. The van der Waals surface area contributed by atoms with E-state index in [2.05, 4.69) is 20.5 Å². The first kappa shape index (κ1) is 13.7. The number of rotatable bonds is 4. The van der Waals surface area contributed by atoms with Crippen molar-refractivity contribution in [2.75, 3.05) is 5.43 Å². The summed E-state index contributed by atoms with van der Waals surface area (Å²) in [5.74, 6) is 0. The van der Waals surface area contributed by atoms with Crippen LogP contribution in [-0.4, -0.2) is 22.0 Å². The molecule has 3 rings (SSSR count). The second-order valence-corrected chi connectivity index (χ2v) is 4.52. The Balaban J connectivity index is 2.01. The Hall–Kier alpha value is -3.28. The van der Waals surface area contributed by atoms with Crippen LogP contribution in [-0.2, 0) is 4.79 Å². The van der Waals surface area contributed by atoms with E-state index >= 15 is 0 Å². The molecule has 0 aliphatic rings. The molecule has 0 amide bonds. The number of hydrogen-bond donors (Lipinski definition) is 2. The lowest BCUT2D eigenvalue weighted by atomic mass is 10.2. The molecule has 0 radical (unpaired) electrons. The van der Waals surface area contributed by atoms with E-state index in [0.29, 0.717) is 23.0 Å². The molecule has 108 valence electrons. The maximum atomic E-state index is 12.1. The van der Waals surface area contributed by atoms with Crippen LogP contribution in [0.25, 0.3) is 11.0 Å². The number of para-hydroxylation sites is 3. The van der Waals surface area contributed by atoms with Crippen molar-refractivity contribution in [3.05, 3.63) is 70.6 Å². The molecule has 2 N–H and O–H groups in total. The van der Waals surface area contributed by atoms with Crippen molar-refractivity contribution >= 4 is 28.7 Å². The van der Waals surface area contributed by atoms with Crippen LogP contribution in [0, 0.1) is 0 Å². The smallest absolute Gasteiger partial charge is 0.276 e. The van der Waals surface area contributed by atoms with E-state index in [-0.39, 0.29) is 11.4 Å². The Morgan fingerprint density at radius 3 is 2.59 bits per heavy atom. The summed E-state index contributed by atoms with van der Waals surface area (Å²) in [5.41, 5.74) is 4.10. The molecule has 1 aromatic heterocycles. The van der Waals surface area contributed by atoms with Crippen LogP contribution in [0.1, 0.15) is 5.69 Å². The Morgan fingerprint density at radius 2 is 1.82 bits per heavy atom. The van der Waals surface area contributed by atoms with Crippen LogP contribution in [0.4, 0.5) is 5.69 Å². The van der Waals surface area contributed by atoms with Crippen molar-refractivity contribution in [1.29, 1.82) is 0 Å². The van der Waals surface area contributed by atoms with Gasteiger partial charge in [-0.3, -0.25) is 15.0 Å². The normalized spacial score (nSPS) is 11.4. The summed E-state index contributed by atoms with van der Waals surface area (Å²) in [5, 5.41) is 3.97. The lowest BCUT2D eigenvalue weighted by Crippen LogP contribution is -2.22. The third kappa shape index (κ3) is 2.76. The van der Waals surface area contributed by atoms with Crippen molar-refractivity contribution in [3.63, 3.8) is 0 Å². The molecule has 2 aromatic carbocycles. The Kier molecular flexibility index (Phi) is 3.74. The van der Waals surface area contributed by atoms with E-state index in [9.17, 15) is 9.59 Å². The summed E-state index contributed by atoms with van der Waals surface area (Å²) in [4.78, 5) is 30.2.